The van der Waals surface area contributed by atoms with Crippen molar-refractivity contribution in [1.29, 1.82) is 0 Å². The quantitative estimate of drug-likeness (QED) is 0.645. The van der Waals surface area contributed by atoms with Gasteiger partial charge < -0.3 is 0 Å². The second-order valence-electron chi connectivity index (χ2n) is 6.36. The van der Waals surface area contributed by atoms with E-state index >= 15 is 0 Å². The summed E-state index contributed by atoms with van der Waals surface area (Å²) < 4.78 is 1.36. The average molecular weight is 288 g/mol. The van der Waals surface area contributed by atoms with Crippen molar-refractivity contribution in [2.75, 3.05) is 0 Å². The molecule has 3 rings (SSSR count). The number of nitrogens with one attached hydrogen (secondary N) is 1. The van der Waals surface area contributed by atoms with Crippen molar-refractivity contribution in [3.05, 3.63) is 35.2 Å². The molecule has 0 spiro atoms. The number of thiophene rings is 1. The molecule has 0 radical (unpaired) electrons. The van der Waals surface area contributed by atoms with E-state index < -0.39 is 0 Å². The first-order chi connectivity index (χ1) is 9.70. The lowest BCUT2D eigenvalue weighted by Gasteiger charge is -2.36. The zero-order valence-corrected chi connectivity index (χ0v) is 13.1. The van der Waals surface area contributed by atoms with Crippen molar-refractivity contribution in [3.63, 3.8) is 0 Å². The minimum atomic E-state index is 0.293. The molecule has 0 amide bonds. The van der Waals surface area contributed by atoms with Crippen molar-refractivity contribution >= 4 is 21.4 Å². The Hall–Kier alpha value is -0.900. The largest absolute Gasteiger partial charge is 0.271 e. The zero-order chi connectivity index (χ0) is 14.1. The normalized spacial score (nSPS) is 28.6. The highest BCUT2D eigenvalue weighted by Gasteiger charge is 2.31. The topological polar surface area (TPSA) is 38.0 Å². The number of rotatable bonds is 3. The summed E-state index contributed by atoms with van der Waals surface area (Å²) >= 11 is 1.83. The lowest BCUT2D eigenvalue weighted by molar-refractivity contribution is 0.172. The molecule has 0 saturated heterocycles. The molecule has 108 valence electrons. The zero-order valence-electron chi connectivity index (χ0n) is 12.3. The van der Waals surface area contributed by atoms with Crippen LogP contribution < -0.4 is 11.3 Å². The van der Waals surface area contributed by atoms with E-state index in [-0.39, 0.29) is 0 Å². The Kier molecular flexibility index (Phi) is 4.11. The van der Waals surface area contributed by atoms with Gasteiger partial charge in [0.2, 0.25) is 0 Å². The van der Waals surface area contributed by atoms with E-state index in [9.17, 15) is 0 Å². The van der Waals surface area contributed by atoms with Gasteiger partial charge in [0.1, 0.15) is 0 Å². The number of benzene rings is 1. The summed E-state index contributed by atoms with van der Waals surface area (Å²) in [4.78, 5) is 0. The molecular weight excluding hydrogens is 264 g/mol. The minimum absolute atomic E-state index is 0.293. The predicted molar refractivity (Wildman–Crippen MR) is 87.6 cm³/mol. The van der Waals surface area contributed by atoms with Gasteiger partial charge in [-0.2, -0.15) is 0 Å². The van der Waals surface area contributed by atoms with E-state index in [0.29, 0.717) is 12.0 Å². The van der Waals surface area contributed by atoms with Gasteiger partial charge >= 0.3 is 0 Å². The lowest BCUT2D eigenvalue weighted by Crippen LogP contribution is -2.36. The highest BCUT2D eigenvalue weighted by molar-refractivity contribution is 7.17. The van der Waals surface area contributed by atoms with Gasteiger partial charge in [0.25, 0.3) is 0 Å². The maximum Gasteiger partial charge on any atom is 0.0502 e. The molecule has 2 nitrogen and oxygen atoms in total. The van der Waals surface area contributed by atoms with Crippen molar-refractivity contribution < 1.29 is 0 Å². The smallest absolute Gasteiger partial charge is 0.0502 e. The van der Waals surface area contributed by atoms with E-state index in [2.05, 4.69) is 48.9 Å². The van der Waals surface area contributed by atoms with Crippen LogP contribution in [0.4, 0.5) is 0 Å². The molecule has 1 saturated carbocycles. The van der Waals surface area contributed by atoms with Gasteiger partial charge in [-0.05, 0) is 53.0 Å². The first kappa shape index (κ1) is 14.1. The third-order valence-electron chi connectivity index (χ3n) is 5.14. The molecule has 0 bridgehead atoms. The molecule has 1 heterocycles. The Labute approximate surface area is 125 Å². The first-order valence-electron chi connectivity index (χ1n) is 7.63. The highest BCUT2D eigenvalue weighted by Crippen LogP contribution is 2.42. The van der Waals surface area contributed by atoms with Crippen LogP contribution in [-0.4, -0.2) is 0 Å². The predicted octanol–water partition coefficient (Wildman–Crippen LogP) is 4.48. The number of nitrogens with two attached hydrogens (primary N) is 1. The van der Waals surface area contributed by atoms with E-state index in [1.54, 1.807) is 0 Å². The van der Waals surface area contributed by atoms with Gasteiger partial charge in [0.05, 0.1) is 6.04 Å². The maximum atomic E-state index is 5.92. The molecule has 1 fully saturated rings. The van der Waals surface area contributed by atoms with Gasteiger partial charge in [-0.25, -0.2) is 0 Å². The summed E-state index contributed by atoms with van der Waals surface area (Å²) in [7, 11) is 0. The van der Waals surface area contributed by atoms with Gasteiger partial charge in [-0.15, -0.1) is 11.3 Å². The summed E-state index contributed by atoms with van der Waals surface area (Å²) in [5.41, 5.74) is 4.50. The first-order valence-corrected chi connectivity index (χ1v) is 8.51. The van der Waals surface area contributed by atoms with Gasteiger partial charge in [0.15, 0.2) is 0 Å². The summed E-state index contributed by atoms with van der Waals surface area (Å²) in [5, 5.41) is 3.66. The summed E-state index contributed by atoms with van der Waals surface area (Å²) in [5.74, 6) is 8.23. The third kappa shape index (κ3) is 2.50. The molecule has 0 aliphatic heterocycles. The number of hydrogen-bond acceptors (Lipinski definition) is 3. The Morgan fingerprint density at radius 2 is 2.00 bits per heavy atom. The number of hydrogen-bond donors (Lipinski definition) is 2. The molecule has 1 aromatic heterocycles. The molecule has 3 heteroatoms. The van der Waals surface area contributed by atoms with Crippen molar-refractivity contribution in [1.82, 2.24) is 5.43 Å². The second-order valence-corrected chi connectivity index (χ2v) is 7.27. The van der Waals surface area contributed by atoms with Crippen LogP contribution in [0.15, 0.2) is 29.6 Å². The SMILES string of the molecule is CC1CCC(C(NN)c2csc3ccccc23)CC1C. The third-order valence-corrected chi connectivity index (χ3v) is 6.12. The van der Waals surface area contributed by atoms with Crippen LogP contribution in [0, 0.1) is 17.8 Å². The van der Waals surface area contributed by atoms with E-state index in [4.69, 9.17) is 5.84 Å². The monoisotopic (exact) mass is 288 g/mol. The van der Waals surface area contributed by atoms with Crippen LogP contribution in [0.5, 0.6) is 0 Å². The molecule has 4 unspecified atom stereocenters. The van der Waals surface area contributed by atoms with Crippen LogP contribution in [0.3, 0.4) is 0 Å². The standard InChI is InChI=1S/C17H24N2S/c1-11-7-8-13(9-12(11)2)17(19-18)15-10-20-16-6-4-3-5-14(15)16/h3-6,10-13,17,19H,7-9,18H2,1-2H3. The van der Waals surface area contributed by atoms with E-state index in [1.807, 2.05) is 11.3 Å². The van der Waals surface area contributed by atoms with Crippen LogP contribution >= 0.6 is 11.3 Å². The highest BCUT2D eigenvalue weighted by atomic mass is 32.1. The second kappa shape index (κ2) is 5.84. The fourth-order valence-electron chi connectivity index (χ4n) is 3.61. The molecule has 4 atom stereocenters. The molecule has 2 aromatic rings. The Balaban J connectivity index is 1.90. The molecule has 1 aliphatic carbocycles. The lowest BCUT2D eigenvalue weighted by atomic mass is 9.72. The summed E-state index contributed by atoms with van der Waals surface area (Å²) in [6.45, 7) is 4.77. The van der Waals surface area contributed by atoms with Crippen molar-refractivity contribution in [2.24, 2.45) is 23.6 Å². The molecular formula is C17H24N2S. The number of fused-ring (bicyclic) bond motifs is 1. The molecule has 3 N–H and O–H groups in total. The van der Waals surface area contributed by atoms with Gasteiger partial charge in [-0.1, -0.05) is 38.5 Å². The maximum absolute atomic E-state index is 5.92. The fraction of sp³-hybridized carbons (Fsp3) is 0.529. The van der Waals surface area contributed by atoms with Crippen molar-refractivity contribution in [3.8, 4) is 0 Å². The van der Waals surface area contributed by atoms with Gasteiger partial charge in [-0.3, -0.25) is 11.3 Å². The van der Waals surface area contributed by atoms with Gasteiger partial charge in [0, 0.05) is 4.70 Å². The van der Waals surface area contributed by atoms with E-state index in [0.717, 1.165) is 11.8 Å². The van der Waals surface area contributed by atoms with Crippen LogP contribution in [0.2, 0.25) is 0 Å². The molecule has 1 aromatic carbocycles. The molecule has 1 aliphatic rings. The van der Waals surface area contributed by atoms with Crippen molar-refractivity contribution in [2.45, 2.75) is 39.2 Å². The molecule has 20 heavy (non-hydrogen) atoms. The Morgan fingerprint density at radius 1 is 1.20 bits per heavy atom. The van der Waals surface area contributed by atoms with Crippen LogP contribution in [0.1, 0.15) is 44.7 Å². The van der Waals surface area contributed by atoms with Crippen LogP contribution in [0.25, 0.3) is 10.1 Å². The summed E-state index contributed by atoms with van der Waals surface area (Å²) in [6.07, 6.45) is 3.89. The Morgan fingerprint density at radius 3 is 2.75 bits per heavy atom. The minimum Gasteiger partial charge on any atom is -0.271 e. The van der Waals surface area contributed by atoms with E-state index in [1.165, 1.54) is 34.9 Å². The summed E-state index contributed by atoms with van der Waals surface area (Å²) in [6, 6.07) is 8.94. The number of hydrazine groups is 1. The average Bonchev–Trinajstić information content (AvgIpc) is 2.88. The Bertz CT molecular complexity index is 577. The fourth-order valence-corrected chi connectivity index (χ4v) is 4.61. The van der Waals surface area contributed by atoms with Crippen LogP contribution in [-0.2, 0) is 0 Å².